The summed E-state index contributed by atoms with van der Waals surface area (Å²) >= 11 is 0. The first-order valence-electron chi connectivity index (χ1n) is 9.86. The summed E-state index contributed by atoms with van der Waals surface area (Å²) in [5.74, 6) is 0.420. The molecule has 1 amide bonds. The molecule has 0 bridgehead atoms. The van der Waals surface area contributed by atoms with Crippen LogP contribution in [0.4, 0.5) is 5.69 Å². The molecule has 0 saturated heterocycles. The lowest BCUT2D eigenvalue weighted by atomic mass is 10.1. The van der Waals surface area contributed by atoms with E-state index in [-0.39, 0.29) is 17.2 Å². The molecule has 2 aromatic carbocycles. The average Bonchev–Trinajstić information content (AvgIpc) is 3.18. The van der Waals surface area contributed by atoms with Crippen LogP contribution in [0.1, 0.15) is 19.4 Å². The third-order valence-corrected chi connectivity index (χ3v) is 7.09. The Morgan fingerprint density at radius 1 is 1.10 bits per heavy atom. The van der Waals surface area contributed by atoms with E-state index in [1.165, 1.54) is 0 Å². The van der Waals surface area contributed by atoms with Crippen molar-refractivity contribution in [1.29, 1.82) is 0 Å². The van der Waals surface area contributed by atoms with Gasteiger partial charge in [-0.1, -0.05) is 24.3 Å². The van der Waals surface area contributed by atoms with Crippen molar-refractivity contribution >= 4 is 27.2 Å². The van der Waals surface area contributed by atoms with Gasteiger partial charge in [-0.2, -0.15) is 0 Å². The number of aromatic nitrogens is 3. The van der Waals surface area contributed by atoms with Crippen LogP contribution >= 0.6 is 0 Å². The molecule has 158 valence electrons. The Balaban J connectivity index is 1.46. The standard InChI is InChI=1S/C23H22N4O3S/c1-16(2)31(29,30)20-9-7-17(8-10-20)13-22(28)25-19-6-3-5-18(14-19)21-15-27-12-4-11-24-23(27)26-21/h3-12,14-16H,13H2,1-2H3,(H,25,28). The van der Waals surface area contributed by atoms with Crippen molar-refractivity contribution in [1.82, 2.24) is 14.4 Å². The Bertz CT molecular complexity index is 1310. The number of fused-ring (bicyclic) bond motifs is 1. The third kappa shape index (κ3) is 4.49. The maximum Gasteiger partial charge on any atom is 0.234 e. The second-order valence-corrected chi connectivity index (χ2v) is 10.0. The monoisotopic (exact) mass is 434 g/mol. The predicted molar refractivity (Wildman–Crippen MR) is 120 cm³/mol. The maximum atomic E-state index is 12.5. The van der Waals surface area contributed by atoms with E-state index in [2.05, 4.69) is 15.3 Å². The van der Waals surface area contributed by atoms with E-state index in [0.29, 0.717) is 11.5 Å². The number of rotatable bonds is 6. The van der Waals surface area contributed by atoms with Crippen LogP contribution in [-0.4, -0.2) is 33.9 Å². The highest BCUT2D eigenvalue weighted by Gasteiger charge is 2.19. The van der Waals surface area contributed by atoms with Crippen molar-refractivity contribution < 1.29 is 13.2 Å². The van der Waals surface area contributed by atoms with Crippen LogP contribution in [0.25, 0.3) is 17.0 Å². The van der Waals surface area contributed by atoms with Crippen molar-refractivity contribution in [2.75, 3.05) is 5.32 Å². The predicted octanol–water partition coefficient (Wildman–Crippen LogP) is 3.76. The molecule has 1 N–H and O–H groups in total. The topological polar surface area (TPSA) is 93.4 Å². The summed E-state index contributed by atoms with van der Waals surface area (Å²) in [6, 6.07) is 15.7. The molecule has 8 heteroatoms. The Morgan fingerprint density at radius 2 is 1.87 bits per heavy atom. The van der Waals surface area contributed by atoms with Gasteiger partial charge < -0.3 is 5.32 Å². The highest BCUT2D eigenvalue weighted by molar-refractivity contribution is 7.92. The Kier molecular flexibility index (Phi) is 5.56. The van der Waals surface area contributed by atoms with Gasteiger partial charge in [0.15, 0.2) is 9.84 Å². The minimum absolute atomic E-state index is 0.143. The van der Waals surface area contributed by atoms with Gasteiger partial charge in [0.25, 0.3) is 0 Å². The second kappa shape index (κ2) is 8.31. The zero-order chi connectivity index (χ0) is 22.0. The molecule has 2 heterocycles. The van der Waals surface area contributed by atoms with Crippen LogP contribution in [-0.2, 0) is 21.1 Å². The van der Waals surface area contributed by atoms with Crippen molar-refractivity contribution in [3.63, 3.8) is 0 Å². The molecule has 2 aromatic heterocycles. The number of hydrogen-bond donors (Lipinski definition) is 1. The first-order valence-corrected chi connectivity index (χ1v) is 11.4. The molecule has 31 heavy (non-hydrogen) atoms. The minimum atomic E-state index is -3.32. The highest BCUT2D eigenvalue weighted by atomic mass is 32.2. The van der Waals surface area contributed by atoms with Crippen LogP contribution in [0, 0.1) is 0 Å². The molecule has 4 rings (SSSR count). The van der Waals surface area contributed by atoms with Crippen LogP contribution in [0.15, 0.2) is 78.1 Å². The zero-order valence-electron chi connectivity index (χ0n) is 17.2. The van der Waals surface area contributed by atoms with Gasteiger partial charge in [0.2, 0.25) is 11.7 Å². The maximum absolute atomic E-state index is 12.5. The van der Waals surface area contributed by atoms with Gasteiger partial charge in [0, 0.05) is 29.8 Å². The third-order valence-electron chi connectivity index (χ3n) is 4.91. The van der Waals surface area contributed by atoms with E-state index in [0.717, 1.165) is 16.8 Å². The van der Waals surface area contributed by atoms with E-state index >= 15 is 0 Å². The van der Waals surface area contributed by atoms with Gasteiger partial charge in [-0.05, 0) is 49.7 Å². The lowest BCUT2D eigenvalue weighted by Crippen LogP contribution is -2.15. The summed E-state index contributed by atoms with van der Waals surface area (Å²) < 4.78 is 26.3. The highest BCUT2D eigenvalue weighted by Crippen LogP contribution is 2.22. The number of sulfone groups is 1. The van der Waals surface area contributed by atoms with E-state index in [1.54, 1.807) is 44.3 Å². The second-order valence-electron chi connectivity index (χ2n) is 7.50. The molecule has 7 nitrogen and oxygen atoms in total. The Labute approximate surface area is 180 Å². The number of carbonyl (C=O) groups is 1. The number of hydrogen-bond acceptors (Lipinski definition) is 5. The van der Waals surface area contributed by atoms with Crippen molar-refractivity contribution in [2.45, 2.75) is 30.4 Å². The first-order chi connectivity index (χ1) is 14.8. The number of imidazole rings is 1. The van der Waals surface area contributed by atoms with Crippen LogP contribution in [0.5, 0.6) is 0 Å². The summed E-state index contributed by atoms with van der Waals surface area (Å²) in [6.45, 7) is 3.29. The average molecular weight is 435 g/mol. The van der Waals surface area contributed by atoms with Crippen LogP contribution in [0.3, 0.4) is 0 Å². The van der Waals surface area contributed by atoms with E-state index in [4.69, 9.17) is 0 Å². The first kappa shape index (κ1) is 20.7. The van der Waals surface area contributed by atoms with Gasteiger partial charge in [0.1, 0.15) is 0 Å². The summed E-state index contributed by atoms with van der Waals surface area (Å²) in [4.78, 5) is 21.5. The lowest BCUT2D eigenvalue weighted by molar-refractivity contribution is -0.115. The molecule has 0 aliphatic heterocycles. The van der Waals surface area contributed by atoms with Crippen LogP contribution < -0.4 is 5.32 Å². The van der Waals surface area contributed by atoms with Gasteiger partial charge in [-0.25, -0.2) is 18.4 Å². The molecule has 0 fully saturated rings. The summed E-state index contributed by atoms with van der Waals surface area (Å²) in [5.41, 5.74) is 3.03. The minimum Gasteiger partial charge on any atom is -0.326 e. The molecule has 0 spiro atoms. The summed E-state index contributed by atoms with van der Waals surface area (Å²) in [5, 5.41) is 2.40. The van der Waals surface area contributed by atoms with Gasteiger partial charge in [0.05, 0.1) is 22.3 Å². The number of carbonyl (C=O) groups excluding carboxylic acids is 1. The fourth-order valence-electron chi connectivity index (χ4n) is 3.19. The van der Waals surface area contributed by atoms with E-state index in [1.807, 2.05) is 47.1 Å². The van der Waals surface area contributed by atoms with Crippen molar-refractivity contribution in [2.24, 2.45) is 0 Å². The quantitative estimate of drug-likeness (QED) is 0.499. The Morgan fingerprint density at radius 3 is 2.58 bits per heavy atom. The molecular formula is C23H22N4O3S. The van der Waals surface area contributed by atoms with Gasteiger partial charge >= 0.3 is 0 Å². The fourth-order valence-corrected chi connectivity index (χ4v) is 4.24. The number of nitrogens with one attached hydrogen (secondary N) is 1. The zero-order valence-corrected chi connectivity index (χ0v) is 18.0. The number of amides is 1. The molecule has 0 unspecified atom stereocenters. The normalized spacial score (nSPS) is 11.7. The van der Waals surface area contributed by atoms with Crippen molar-refractivity contribution in [3.05, 3.63) is 78.8 Å². The number of anilines is 1. The number of nitrogens with zero attached hydrogens (tertiary/aromatic N) is 3. The number of benzene rings is 2. The molecule has 0 atom stereocenters. The smallest absolute Gasteiger partial charge is 0.234 e. The van der Waals surface area contributed by atoms with E-state index < -0.39 is 15.1 Å². The van der Waals surface area contributed by atoms with E-state index in [9.17, 15) is 13.2 Å². The molecule has 0 aliphatic carbocycles. The van der Waals surface area contributed by atoms with Crippen molar-refractivity contribution in [3.8, 4) is 11.3 Å². The largest absolute Gasteiger partial charge is 0.326 e. The molecule has 4 aromatic rings. The van der Waals surface area contributed by atoms with Gasteiger partial charge in [-0.3, -0.25) is 9.20 Å². The molecular weight excluding hydrogens is 412 g/mol. The molecule has 0 aliphatic rings. The summed E-state index contributed by atoms with van der Waals surface area (Å²) in [7, 11) is -3.32. The summed E-state index contributed by atoms with van der Waals surface area (Å²) in [6.07, 6.45) is 5.59. The SMILES string of the molecule is CC(C)S(=O)(=O)c1ccc(CC(=O)Nc2cccc(-c3cn4cccnc4n3)c2)cc1. The fraction of sp³-hybridized carbons (Fsp3) is 0.174. The lowest BCUT2D eigenvalue weighted by Gasteiger charge is -2.09. The molecule has 0 radical (unpaired) electrons. The molecule has 0 saturated carbocycles. The van der Waals surface area contributed by atoms with Crippen LogP contribution in [0.2, 0.25) is 0 Å². The van der Waals surface area contributed by atoms with Gasteiger partial charge in [-0.15, -0.1) is 0 Å². The Hall–Kier alpha value is -3.52.